The molecule has 0 spiro atoms. The molecule has 0 saturated heterocycles. The van der Waals surface area contributed by atoms with Gasteiger partial charge in [-0.25, -0.2) is 9.67 Å². The number of carbonyl (C=O) groups excluding carboxylic acids is 1. The average molecular weight is 386 g/mol. The van der Waals surface area contributed by atoms with Crippen LogP contribution in [0.3, 0.4) is 0 Å². The Hall–Kier alpha value is -2.87. The zero-order chi connectivity index (χ0) is 19.2. The third-order valence-corrected chi connectivity index (χ3v) is 4.79. The standard InChI is InChI=1S/C19H22N4O3S/c1-13-9-21-23(10-14-4-6-16(25-2)17(8-14)26-3)19(13)22-18(24)7-5-15-11-27-12-20-15/h4,6,8-9,11-12H,5,7,10H2,1-3H3,(H,22,24). The van der Waals surface area contributed by atoms with E-state index in [0.29, 0.717) is 36.7 Å². The smallest absolute Gasteiger partial charge is 0.225 e. The van der Waals surface area contributed by atoms with Crippen LogP contribution in [0.1, 0.15) is 23.2 Å². The number of rotatable bonds is 8. The van der Waals surface area contributed by atoms with Gasteiger partial charge in [0.2, 0.25) is 5.91 Å². The first kappa shape index (κ1) is 18.9. The minimum absolute atomic E-state index is 0.0554. The molecule has 8 heteroatoms. The Kier molecular flexibility index (Phi) is 6.08. The number of carbonyl (C=O) groups is 1. The molecule has 2 aromatic heterocycles. The quantitative estimate of drug-likeness (QED) is 0.643. The van der Waals surface area contributed by atoms with E-state index in [1.54, 1.807) is 30.6 Å². The number of methoxy groups -OCH3 is 2. The lowest BCUT2D eigenvalue weighted by Crippen LogP contribution is -2.17. The van der Waals surface area contributed by atoms with Gasteiger partial charge in [0, 0.05) is 17.4 Å². The highest BCUT2D eigenvalue weighted by Crippen LogP contribution is 2.28. The molecule has 7 nitrogen and oxygen atoms in total. The lowest BCUT2D eigenvalue weighted by atomic mass is 10.2. The van der Waals surface area contributed by atoms with E-state index in [-0.39, 0.29) is 5.91 Å². The van der Waals surface area contributed by atoms with E-state index in [0.717, 1.165) is 16.8 Å². The Morgan fingerprint density at radius 3 is 2.78 bits per heavy atom. The Morgan fingerprint density at radius 2 is 2.07 bits per heavy atom. The van der Waals surface area contributed by atoms with E-state index >= 15 is 0 Å². The number of nitrogens with one attached hydrogen (secondary N) is 1. The van der Waals surface area contributed by atoms with Crippen molar-refractivity contribution < 1.29 is 14.3 Å². The van der Waals surface area contributed by atoms with Crippen molar-refractivity contribution in [3.8, 4) is 11.5 Å². The molecule has 2 heterocycles. The predicted octanol–water partition coefficient (Wildman–Crippen LogP) is 3.28. The number of ether oxygens (including phenoxy) is 2. The van der Waals surface area contributed by atoms with Crippen LogP contribution in [0, 0.1) is 6.92 Å². The maximum atomic E-state index is 12.3. The van der Waals surface area contributed by atoms with E-state index in [9.17, 15) is 4.79 Å². The topological polar surface area (TPSA) is 78.3 Å². The van der Waals surface area contributed by atoms with Gasteiger partial charge in [0.25, 0.3) is 0 Å². The first-order valence-electron chi connectivity index (χ1n) is 8.51. The molecule has 0 fully saturated rings. The van der Waals surface area contributed by atoms with Crippen molar-refractivity contribution in [3.63, 3.8) is 0 Å². The van der Waals surface area contributed by atoms with Gasteiger partial charge in [-0.05, 0) is 31.0 Å². The summed E-state index contributed by atoms with van der Waals surface area (Å²) in [5.41, 5.74) is 4.62. The number of hydrogen-bond acceptors (Lipinski definition) is 6. The molecule has 0 saturated carbocycles. The van der Waals surface area contributed by atoms with Crippen molar-refractivity contribution in [3.05, 3.63) is 52.1 Å². The zero-order valence-electron chi connectivity index (χ0n) is 15.6. The van der Waals surface area contributed by atoms with E-state index in [1.807, 2.05) is 30.5 Å². The zero-order valence-corrected chi connectivity index (χ0v) is 16.4. The summed E-state index contributed by atoms with van der Waals surface area (Å²) in [6, 6.07) is 5.71. The van der Waals surface area contributed by atoms with Crippen molar-refractivity contribution in [2.75, 3.05) is 19.5 Å². The monoisotopic (exact) mass is 386 g/mol. The van der Waals surface area contributed by atoms with Crippen LogP contribution in [0.25, 0.3) is 0 Å². The molecule has 1 aromatic carbocycles. The summed E-state index contributed by atoms with van der Waals surface area (Å²) >= 11 is 1.53. The lowest BCUT2D eigenvalue weighted by molar-refractivity contribution is -0.116. The molecule has 1 amide bonds. The summed E-state index contributed by atoms with van der Waals surface area (Å²) in [7, 11) is 3.21. The first-order valence-corrected chi connectivity index (χ1v) is 9.45. The molecule has 142 valence electrons. The van der Waals surface area contributed by atoms with Gasteiger partial charge in [0.05, 0.1) is 38.2 Å². The van der Waals surface area contributed by atoms with E-state index in [4.69, 9.17) is 9.47 Å². The Balaban J connectivity index is 1.70. The van der Waals surface area contributed by atoms with Crippen molar-refractivity contribution in [2.45, 2.75) is 26.3 Å². The second-order valence-electron chi connectivity index (χ2n) is 6.05. The summed E-state index contributed by atoms with van der Waals surface area (Å²) in [4.78, 5) is 16.5. The second kappa shape index (κ2) is 8.68. The number of thiazole rings is 1. The average Bonchev–Trinajstić information content (AvgIpc) is 3.31. The molecule has 3 rings (SSSR count). The van der Waals surface area contributed by atoms with Crippen LogP contribution in [0.4, 0.5) is 5.82 Å². The number of benzene rings is 1. The fraction of sp³-hybridized carbons (Fsp3) is 0.316. The molecule has 0 bridgehead atoms. The van der Waals surface area contributed by atoms with Crippen LogP contribution in [0.5, 0.6) is 11.5 Å². The van der Waals surface area contributed by atoms with Crippen LogP contribution in [0.15, 0.2) is 35.3 Å². The molecule has 27 heavy (non-hydrogen) atoms. The van der Waals surface area contributed by atoms with Crippen molar-refractivity contribution in [2.24, 2.45) is 0 Å². The second-order valence-corrected chi connectivity index (χ2v) is 6.77. The van der Waals surface area contributed by atoms with E-state index in [1.165, 1.54) is 11.3 Å². The van der Waals surface area contributed by atoms with Crippen LogP contribution >= 0.6 is 11.3 Å². The fourth-order valence-electron chi connectivity index (χ4n) is 2.71. The molecule has 1 N–H and O–H groups in total. The minimum atomic E-state index is -0.0554. The highest BCUT2D eigenvalue weighted by molar-refractivity contribution is 7.07. The number of amides is 1. The number of aromatic nitrogens is 3. The van der Waals surface area contributed by atoms with Crippen LogP contribution in [-0.2, 0) is 17.8 Å². The van der Waals surface area contributed by atoms with Gasteiger partial charge >= 0.3 is 0 Å². The van der Waals surface area contributed by atoms with Crippen LogP contribution in [0.2, 0.25) is 0 Å². The largest absolute Gasteiger partial charge is 0.493 e. The normalized spacial score (nSPS) is 10.6. The van der Waals surface area contributed by atoms with Crippen LogP contribution < -0.4 is 14.8 Å². The van der Waals surface area contributed by atoms with E-state index < -0.39 is 0 Å². The minimum Gasteiger partial charge on any atom is -0.493 e. The Bertz CT molecular complexity index is 906. The van der Waals surface area contributed by atoms with Gasteiger partial charge < -0.3 is 14.8 Å². The highest BCUT2D eigenvalue weighted by atomic mass is 32.1. The molecule has 0 aliphatic heterocycles. The van der Waals surface area contributed by atoms with Gasteiger partial charge in [0.15, 0.2) is 11.5 Å². The highest BCUT2D eigenvalue weighted by Gasteiger charge is 2.13. The van der Waals surface area contributed by atoms with Gasteiger partial charge in [-0.1, -0.05) is 6.07 Å². The summed E-state index contributed by atoms with van der Waals surface area (Å²) in [5.74, 6) is 1.98. The number of hydrogen-bond donors (Lipinski definition) is 1. The molecule has 3 aromatic rings. The maximum Gasteiger partial charge on any atom is 0.225 e. The summed E-state index contributed by atoms with van der Waals surface area (Å²) in [6.45, 7) is 2.43. The van der Waals surface area contributed by atoms with Gasteiger partial charge in [-0.2, -0.15) is 5.10 Å². The Labute approximate surface area is 162 Å². The third kappa shape index (κ3) is 4.65. The van der Waals surface area contributed by atoms with E-state index in [2.05, 4.69) is 15.4 Å². The van der Waals surface area contributed by atoms with Crippen molar-refractivity contribution in [1.82, 2.24) is 14.8 Å². The molecule has 0 unspecified atom stereocenters. The first-order chi connectivity index (χ1) is 13.1. The Morgan fingerprint density at radius 1 is 1.26 bits per heavy atom. The third-order valence-electron chi connectivity index (χ3n) is 4.15. The molecule has 0 atom stereocenters. The predicted molar refractivity (Wildman–Crippen MR) is 105 cm³/mol. The van der Waals surface area contributed by atoms with Gasteiger partial charge in [-0.15, -0.1) is 11.3 Å². The lowest BCUT2D eigenvalue weighted by Gasteiger charge is -2.12. The maximum absolute atomic E-state index is 12.3. The van der Waals surface area contributed by atoms with Crippen molar-refractivity contribution >= 4 is 23.1 Å². The summed E-state index contributed by atoms with van der Waals surface area (Å²) in [6.07, 6.45) is 2.75. The summed E-state index contributed by atoms with van der Waals surface area (Å²) < 4.78 is 12.4. The van der Waals surface area contributed by atoms with Gasteiger partial charge in [0.1, 0.15) is 5.82 Å². The molecular weight excluding hydrogens is 364 g/mol. The fourth-order valence-corrected chi connectivity index (χ4v) is 3.30. The number of anilines is 1. The molecule has 0 aliphatic rings. The molecular formula is C19H22N4O3S. The molecule has 0 aliphatic carbocycles. The SMILES string of the molecule is COc1ccc(Cn2ncc(C)c2NC(=O)CCc2cscn2)cc1OC. The van der Waals surface area contributed by atoms with Crippen LogP contribution in [-0.4, -0.2) is 34.9 Å². The summed E-state index contributed by atoms with van der Waals surface area (Å²) in [5, 5.41) is 9.32. The van der Waals surface area contributed by atoms with Crippen molar-refractivity contribution in [1.29, 1.82) is 0 Å². The molecule has 0 radical (unpaired) electrons. The van der Waals surface area contributed by atoms with Gasteiger partial charge in [-0.3, -0.25) is 4.79 Å². The number of nitrogens with zero attached hydrogens (tertiary/aromatic N) is 3. The number of aryl methyl sites for hydroxylation is 2.